The summed E-state index contributed by atoms with van der Waals surface area (Å²) in [4.78, 5) is 16.7. The lowest BCUT2D eigenvalue weighted by molar-refractivity contribution is -0.0433. The summed E-state index contributed by atoms with van der Waals surface area (Å²) in [6.07, 6.45) is 3.79. The van der Waals surface area contributed by atoms with Crippen molar-refractivity contribution in [3.8, 4) is 0 Å². The number of hydrogen-bond donors (Lipinski definition) is 2. The standard InChI is InChI=1S/C21H26F2N4O2/c22-12-1-4-16(23)15(9-12)20-17(24)10-14(11-29-20)26-7-5-19-18(26)6-8-27(19)21(28)25-13-2-3-13/h1,4,9,13-14,17,20H,2-3,5-8,10-11,24H2,(H,25,28)/t14-,17+,20-/m1/s1. The van der Waals surface area contributed by atoms with E-state index in [9.17, 15) is 13.6 Å². The molecule has 0 spiro atoms. The number of nitrogens with two attached hydrogens (primary N) is 1. The van der Waals surface area contributed by atoms with Crippen LogP contribution >= 0.6 is 0 Å². The van der Waals surface area contributed by atoms with Crippen LogP contribution in [-0.2, 0) is 4.74 Å². The van der Waals surface area contributed by atoms with Crippen LogP contribution in [0.2, 0.25) is 0 Å². The number of hydrogen-bond acceptors (Lipinski definition) is 4. The third kappa shape index (κ3) is 3.48. The number of carbonyl (C=O) groups is 1. The normalized spacial score (nSPS) is 29.4. The van der Waals surface area contributed by atoms with Gasteiger partial charge in [-0.1, -0.05) is 0 Å². The van der Waals surface area contributed by atoms with Crippen molar-refractivity contribution in [2.75, 3.05) is 19.7 Å². The third-order valence-electron chi connectivity index (χ3n) is 6.42. The van der Waals surface area contributed by atoms with Crippen molar-refractivity contribution in [1.82, 2.24) is 15.1 Å². The largest absolute Gasteiger partial charge is 0.370 e. The highest BCUT2D eigenvalue weighted by molar-refractivity contribution is 5.77. The monoisotopic (exact) mass is 404 g/mol. The summed E-state index contributed by atoms with van der Waals surface area (Å²) in [6.45, 7) is 1.94. The molecule has 2 fully saturated rings. The maximum Gasteiger partial charge on any atom is 0.321 e. The molecule has 5 rings (SSSR count). The van der Waals surface area contributed by atoms with Crippen LogP contribution < -0.4 is 11.1 Å². The molecule has 3 aliphatic heterocycles. The lowest BCUT2D eigenvalue weighted by Gasteiger charge is -2.40. The van der Waals surface area contributed by atoms with Crippen LogP contribution in [0.1, 0.15) is 43.8 Å². The Morgan fingerprint density at radius 1 is 1.17 bits per heavy atom. The van der Waals surface area contributed by atoms with Crippen LogP contribution in [0.25, 0.3) is 0 Å². The van der Waals surface area contributed by atoms with Crippen LogP contribution in [0.3, 0.4) is 0 Å². The van der Waals surface area contributed by atoms with Crippen molar-refractivity contribution in [3.05, 3.63) is 46.8 Å². The second-order valence-electron chi connectivity index (χ2n) is 8.44. The van der Waals surface area contributed by atoms with Gasteiger partial charge in [-0.3, -0.25) is 4.90 Å². The Kier molecular flexibility index (Phi) is 4.70. The van der Waals surface area contributed by atoms with Crippen molar-refractivity contribution < 1.29 is 18.3 Å². The van der Waals surface area contributed by atoms with Gasteiger partial charge in [0.2, 0.25) is 0 Å². The van der Waals surface area contributed by atoms with Gasteiger partial charge >= 0.3 is 6.03 Å². The number of urea groups is 1. The van der Waals surface area contributed by atoms with Crippen molar-refractivity contribution in [3.63, 3.8) is 0 Å². The quantitative estimate of drug-likeness (QED) is 0.813. The molecule has 4 aliphatic rings. The average molecular weight is 404 g/mol. The Balaban J connectivity index is 1.27. The van der Waals surface area contributed by atoms with E-state index in [0.29, 0.717) is 25.6 Å². The third-order valence-corrected chi connectivity index (χ3v) is 6.42. The number of benzene rings is 1. The minimum atomic E-state index is -0.651. The van der Waals surface area contributed by atoms with Gasteiger partial charge in [0.05, 0.1) is 12.6 Å². The fourth-order valence-corrected chi connectivity index (χ4v) is 4.82. The predicted octanol–water partition coefficient (Wildman–Crippen LogP) is 2.62. The zero-order valence-corrected chi connectivity index (χ0v) is 16.2. The first-order valence-corrected chi connectivity index (χ1v) is 10.4. The van der Waals surface area contributed by atoms with E-state index >= 15 is 0 Å². The molecule has 3 atom stereocenters. The highest BCUT2D eigenvalue weighted by atomic mass is 19.1. The van der Waals surface area contributed by atoms with E-state index in [4.69, 9.17) is 10.5 Å². The average Bonchev–Trinajstić information content (AvgIpc) is 3.25. The van der Waals surface area contributed by atoms with E-state index in [2.05, 4.69) is 10.2 Å². The molecule has 1 saturated heterocycles. The zero-order chi connectivity index (χ0) is 20.1. The maximum absolute atomic E-state index is 14.2. The molecule has 3 heterocycles. The van der Waals surface area contributed by atoms with E-state index in [-0.39, 0.29) is 17.6 Å². The van der Waals surface area contributed by atoms with Crippen molar-refractivity contribution in [2.24, 2.45) is 5.73 Å². The van der Waals surface area contributed by atoms with E-state index in [1.807, 2.05) is 4.90 Å². The SMILES string of the molecule is N[C@H]1C[C@@H](N2CCC3=C2CCN3C(=O)NC2CC2)CO[C@@H]1c1cc(F)ccc1F. The molecule has 29 heavy (non-hydrogen) atoms. The summed E-state index contributed by atoms with van der Waals surface area (Å²) >= 11 is 0. The molecule has 0 radical (unpaired) electrons. The minimum absolute atomic E-state index is 0.0117. The molecule has 3 N–H and O–H groups in total. The first-order valence-electron chi connectivity index (χ1n) is 10.4. The van der Waals surface area contributed by atoms with Crippen molar-refractivity contribution in [2.45, 2.75) is 56.3 Å². The molecule has 1 aromatic carbocycles. The van der Waals surface area contributed by atoms with Crippen LogP contribution in [0.4, 0.5) is 13.6 Å². The summed E-state index contributed by atoms with van der Waals surface area (Å²) in [7, 11) is 0. The predicted molar refractivity (Wildman–Crippen MR) is 103 cm³/mol. The second kappa shape index (κ2) is 7.25. The molecular formula is C21H26F2N4O2. The van der Waals surface area contributed by atoms with Gasteiger partial charge in [0.25, 0.3) is 0 Å². The Morgan fingerprint density at radius 3 is 2.72 bits per heavy atom. The topological polar surface area (TPSA) is 70.8 Å². The molecule has 1 aliphatic carbocycles. The molecule has 0 aromatic heterocycles. The van der Waals surface area contributed by atoms with Gasteiger partial charge in [-0.05, 0) is 37.5 Å². The molecule has 8 heteroatoms. The Labute approximate surface area is 168 Å². The fraction of sp³-hybridized carbons (Fsp3) is 0.571. The van der Waals surface area contributed by atoms with Gasteiger partial charge in [-0.2, -0.15) is 0 Å². The number of amides is 2. The van der Waals surface area contributed by atoms with Crippen LogP contribution in [0.15, 0.2) is 29.6 Å². The first-order chi connectivity index (χ1) is 14.0. The lowest BCUT2D eigenvalue weighted by Crippen LogP contribution is -2.48. The molecule has 156 valence electrons. The number of ether oxygens (including phenoxy) is 1. The molecule has 6 nitrogen and oxygen atoms in total. The smallest absolute Gasteiger partial charge is 0.321 e. The van der Waals surface area contributed by atoms with E-state index < -0.39 is 23.8 Å². The number of nitrogens with zero attached hydrogens (tertiary/aromatic N) is 2. The van der Waals surface area contributed by atoms with Gasteiger partial charge in [0, 0.05) is 55.0 Å². The van der Waals surface area contributed by atoms with Gasteiger partial charge in [0.15, 0.2) is 0 Å². The second-order valence-corrected chi connectivity index (χ2v) is 8.44. The van der Waals surface area contributed by atoms with E-state index in [1.54, 1.807) is 0 Å². The van der Waals surface area contributed by atoms with E-state index in [0.717, 1.165) is 50.1 Å². The zero-order valence-electron chi connectivity index (χ0n) is 16.2. The summed E-state index contributed by atoms with van der Waals surface area (Å²) in [5.41, 5.74) is 8.82. The van der Waals surface area contributed by atoms with Gasteiger partial charge in [0.1, 0.15) is 17.7 Å². The Bertz CT molecular complexity index is 857. The fourth-order valence-electron chi connectivity index (χ4n) is 4.82. The summed E-state index contributed by atoms with van der Waals surface area (Å²) in [5.74, 6) is -0.992. The van der Waals surface area contributed by atoms with Gasteiger partial charge in [-0.25, -0.2) is 13.6 Å². The highest BCUT2D eigenvalue weighted by Gasteiger charge is 2.41. The maximum atomic E-state index is 14.2. The summed E-state index contributed by atoms with van der Waals surface area (Å²) in [5, 5.41) is 3.07. The Hall–Kier alpha value is -2.19. The first kappa shape index (κ1) is 18.8. The highest BCUT2D eigenvalue weighted by Crippen LogP contribution is 2.39. The molecule has 1 aromatic rings. The van der Waals surface area contributed by atoms with Crippen LogP contribution in [0.5, 0.6) is 0 Å². The van der Waals surface area contributed by atoms with Crippen LogP contribution in [-0.4, -0.2) is 53.7 Å². The van der Waals surface area contributed by atoms with Crippen molar-refractivity contribution in [1.29, 1.82) is 0 Å². The summed E-state index contributed by atoms with van der Waals surface area (Å²) < 4.78 is 33.7. The number of carbonyl (C=O) groups excluding carboxylic acids is 1. The number of nitrogens with one attached hydrogen (secondary N) is 1. The van der Waals surface area contributed by atoms with Crippen molar-refractivity contribution >= 4 is 6.03 Å². The summed E-state index contributed by atoms with van der Waals surface area (Å²) in [6, 6.07) is 3.39. The van der Waals surface area contributed by atoms with Gasteiger partial charge in [-0.15, -0.1) is 0 Å². The van der Waals surface area contributed by atoms with Crippen LogP contribution in [0, 0.1) is 11.6 Å². The molecular weight excluding hydrogens is 378 g/mol. The Morgan fingerprint density at radius 2 is 1.97 bits per heavy atom. The molecule has 0 unspecified atom stereocenters. The molecule has 1 saturated carbocycles. The van der Waals surface area contributed by atoms with E-state index in [1.165, 1.54) is 11.8 Å². The minimum Gasteiger partial charge on any atom is -0.370 e. The molecule has 2 amide bonds. The molecule has 0 bridgehead atoms. The lowest BCUT2D eigenvalue weighted by atomic mass is 9.93. The number of halogens is 2. The number of rotatable bonds is 3. The van der Waals surface area contributed by atoms with Gasteiger partial charge < -0.3 is 20.7 Å².